The Hall–Kier alpha value is -2.88. The Bertz CT molecular complexity index is 844. The molecule has 114 valence electrons. The fourth-order valence-electron chi connectivity index (χ4n) is 2.99. The van der Waals surface area contributed by atoms with Gasteiger partial charge in [0.05, 0.1) is 0 Å². The van der Waals surface area contributed by atoms with E-state index >= 15 is 0 Å². The van der Waals surface area contributed by atoms with Gasteiger partial charge in [0, 0.05) is 24.1 Å². The van der Waals surface area contributed by atoms with Crippen LogP contribution in [-0.4, -0.2) is 16.5 Å². The summed E-state index contributed by atoms with van der Waals surface area (Å²) in [5.41, 5.74) is 4.83. The largest absolute Gasteiger partial charge is 0.326 e. The summed E-state index contributed by atoms with van der Waals surface area (Å²) in [5.74, 6) is 1.55. The zero-order valence-electron chi connectivity index (χ0n) is 13.0. The van der Waals surface area contributed by atoms with Crippen LogP contribution in [0.5, 0.6) is 0 Å². The van der Waals surface area contributed by atoms with E-state index < -0.39 is 0 Å². The molecule has 1 aliphatic heterocycles. The lowest BCUT2D eigenvalue weighted by atomic mass is 10.2. The van der Waals surface area contributed by atoms with Crippen LogP contribution in [0.4, 0.5) is 23.1 Å². The minimum absolute atomic E-state index is 0.623. The maximum atomic E-state index is 4.68. The summed E-state index contributed by atoms with van der Waals surface area (Å²) in [4.78, 5) is 11.3. The lowest BCUT2D eigenvalue weighted by Crippen LogP contribution is -2.15. The molecule has 0 saturated carbocycles. The molecule has 0 unspecified atom stereocenters. The number of para-hydroxylation sites is 1. The van der Waals surface area contributed by atoms with E-state index in [1.807, 2.05) is 18.2 Å². The van der Waals surface area contributed by atoms with E-state index in [-0.39, 0.29) is 0 Å². The third-order valence-electron chi connectivity index (χ3n) is 4.08. The summed E-state index contributed by atoms with van der Waals surface area (Å²) < 4.78 is 0. The lowest BCUT2D eigenvalue weighted by Gasteiger charge is -2.18. The first-order chi connectivity index (χ1) is 11.3. The molecule has 0 aliphatic carbocycles. The molecule has 2 heterocycles. The first kappa shape index (κ1) is 13.8. The van der Waals surface area contributed by atoms with Crippen molar-refractivity contribution < 1.29 is 0 Å². The molecular formula is C19H18N4. The van der Waals surface area contributed by atoms with Crippen molar-refractivity contribution in [2.75, 3.05) is 16.8 Å². The smallest absolute Gasteiger partial charge is 0.229 e. The molecule has 1 aromatic heterocycles. The quantitative estimate of drug-likeness (QED) is 0.786. The molecule has 4 nitrogen and oxygen atoms in total. The Morgan fingerprint density at radius 1 is 1.04 bits per heavy atom. The number of nitrogens with one attached hydrogen (secondary N) is 1. The van der Waals surface area contributed by atoms with Crippen LogP contribution in [0.1, 0.15) is 11.1 Å². The molecule has 0 atom stereocenters. The first-order valence-corrected chi connectivity index (χ1v) is 7.82. The first-order valence-electron chi connectivity index (χ1n) is 7.82. The molecule has 0 saturated heterocycles. The van der Waals surface area contributed by atoms with Gasteiger partial charge in [0.1, 0.15) is 5.82 Å². The predicted molar refractivity (Wildman–Crippen MR) is 93.6 cm³/mol. The van der Waals surface area contributed by atoms with Gasteiger partial charge < -0.3 is 10.2 Å². The summed E-state index contributed by atoms with van der Waals surface area (Å²) in [7, 11) is 0. The van der Waals surface area contributed by atoms with E-state index in [9.17, 15) is 0 Å². The van der Waals surface area contributed by atoms with Gasteiger partial charge in [-0.25, -0.2) is 4.98 Å². The van der Waals surface area contributed by atoms with Crippen LogP contribution in [0.25, 0.3) is 0 Å². The second-order valence-corrected chi connectivity index (χ2v) is 5.76. The summed E-state index contributed by atoms with van der Waals surface area (Å²) in [5, 5.41) is 3.28. The zero-order valence-corrected chi connectivity index (χ0v) is 13.0. The van der Waals surface area contributed by atoms with Gasteiger partial charge in [0.2, 0.25) is 5.95 Å². The highest BCUT2D eigenvalue weighted by molar-refractivity contribution is 5.68. The summed E-state index contributed by atoms with van der Waals surface area (Å²) >= 11 is 0. The number of hydrogen-bond acceptors (Lipinski definition) is 4. The SMILES string of the molecule is Cc1cccc(Nc2nccc(N3CCc4ccccc43)n2)c1. The molecule has 0 radical (unpaired) electrons. The van der Waals surface area contributed by atoms with Gasteiger partial charge in [-0.3, -0.25) is 0 Å². The molecular weight excluding hydrogens is 284 g/mol. The van der Waals surface area contributed by atoms with Crippen LogP contribution < -0.4 is 10.2 Å². The minimum atomic E-state index is 0.623. The zero-order chi connectivity index (χ0) is 15.6. The highest BCUT2D eigenvalue weighted by atomic mass is 15.2. The van der Waals surface area contributed by atoms with Gasteiger partial charge in [-0.1, -0.05) is 30.3 Å². The molecule has 0 bridgehead atoms. The van der Waals surface area contributed by atoms with E-state index in [1.54, 1.807) is 6.20 Å². The monoisotopic (exact) mass is 302 g/mol. The van der Waals surface area contributed by atoms with Crippen LogP contribution in [0.2, 0.25) is 0 Å². The average Bonchev–Trinajstić information content (AvgIpc) is 2.99. The number of fused-ring (bicyclic) bond motifs is 1. The minimum Gasteiger partial charge on any atom is -0.326 e. The molecule has 1 N–H and O–H groups in total. The Kier molecular flexibility index (Phi) is 3.42. The molecule has 0 fully saturated rings. The topological polar surface area (TPSA) is 41.1 Å². The van der Waals surface area contributed by atoms with Crippen molar-refractivity contribution in [3.8, 4) is 0 Å². The van der Waals surface area contributed by atoms with Gasteiger partial charge in [-0.05, 0) is 48.7 Å². The third-order valence-corrected chi connectivity index (χ3v) is 4.08. The lowest BCUT2D eigenvalue weighted by molar-refractivity contribution is 0.966. The fraction of sp³-hybridized carbons (Fsp3) is 0.158. The molecule has 2 aromatic carbocycles. The van der Waals surface area contributed by atoms with Gasteiger partial charge in [-0.2, -0.15) is 4.98 Å². The third kappa shape index (κ3) is 2.75. The molecule has 4 heteroatoms. The molecule has 0 spiro atoms. The van der Waals surface area contributed by atoms with Crippen molar-refractivity contribution in [1.29, 1.82) is 0 Å². The van der Waals surface area contributed by atoms with E-state index in [0.717, 1.165) is 24.5 Å². The second-order valence-electron chi connectivity index (χ2n) is 5.76. The molecule has 4 rings (SSSR count). The van der Waals surface area contributed by atoms with Crippen LogP contribution >= 0.6 is 0 Å². The Labute approximate surface area is 135 Å². The number of nitrogens with zero attached hydrogens (tertiary/aromatic N) is 3. The Morgan fingerprint density at radius 3 is 2.87 bits per heavy atom. The molecule has 1 aliphatic rings. The fourth-order valence-corrected chi connectivity index (χ4v) is 2.99. The number of aromatic nitrogens is 2. The van der Waals surface area contributed by atoms with Crippen LogP contribution in [-0.2, 0) is 6.42 Å². The van der Waals surface area contributed by atoms with E-state index in [4.69, 9.17) is 0 Å². The average molecular weight is 302 g/mol. The van der Waals surface area contributed by atoms with Crippen molar-refractivity contribution in [2.24, 2.45) is 0 Å². The normalized spacial score (nSPS) is 13.0. The highest BCUT2D eigenvalue weighted by Gasteiger charge is 2.20. The number of rotatable bonds is 3. The van der Waals surface area contributed by atoms with Gasteiger partial charge >= 0.3 is 0 Å². The van der Waals surface area contributed by atoms with Crippen LogP contribution in [0, 0.1) is 6.92 Å². The van der Waals surface area contributed by atoms with Crippen molar-refractivity contribution in [2.45, 2.75) is 13.3 Å². The molecule has 0 amide bonds. The van der Waals surface area contributed by atoms with Crippen molar-refractivity contribution in [3.63, 3.8) is 0 Å². The Morgan fingerprint density at radius 2 is 1.96 bits per heavy atom. The van der Waals surface area contributed by atoms with E-state index in [1.165, 1.54) is 16.8 Å². The standard InChI is InChI=1S/C19H18N4/c1-14-5-4-7-16(13-14)21-19-20-11-9-18(22-19)23-12-10-15-6-2-3-8-17(15)23/h2-9,11,13H,10,12H2,1H3,(H,20,21,22). The summed E-state index contributed by atoms with van der Waals surface area (Å²) in [6, 6.07) is 18.7. The second kappa shape index (κ2) is 5.72. The maximum Gasteiger partial charge on any atom is 0.229 e. The molecule has 23 heavy (non-hydrogen) atoms. The number of anilines is 4. The maximum absolute atomic E-state index is 4.68. The van der Waals surface area contributed by atoms with Crippen LogP contribution in [0.15, 0.2) is 60.8 Å². The molecule has 3 aromatic rings. The predicted octanol–water partition coefficient (Wildman–Crippen LogP) is 4.22. The summed E-state index contributed by atoms with van der Waals surface area (Å²) in [6.45, 7) is 3.03. The van der Waals surface area contributed by atoms with Gasteiger partial charge in [-0.15, -0.1) is 0 Å². The van der Waals surface area contributed by atoms with Gasteiger partial charge in [0.25, 0.3) is 0 Å². The van der Waals surface area contributed by atoms with Crippen molar-refractivity contribution >= 4 is 23.1 Å². The van der Waals surface area contributed by atoms with Gasteiger partial charge in [0.15, 0.2) is 0 Å². The van der Waals surface area contributed by atoms with E-state index in [0.29, 0.717) is 5.95 Å². The number of benzene rings is 2. The summed E-state index contributed by atoms with van der Waals surface area (Å²) in [6.07, 6.45) is 2.86. The van der Waals surface area contributed by atoms with Crippen molar-refractivity contribution in [1.82, 2.24) is 9.97 Å². The number of aryl methyl sites for hydroxylation is 1. The number of hydrogen-bond donors (Lipinski definition) is 1. The van der Waals surface area contributed by atoms with Crippen molar-refractivity contribution in [3.05, 3.63) is 71.9 Å². The Balaban J connectivity index is 1.62. The van der Waals surface area contributed by atoms with E-state index in [2.05, 4.69) is 63.5 Å². The highest BCUT2D eigenvalue weighted by Crippen LogP contribution is 2.33. The van der Waals surface area contributed by atoms with Crippen LogP contribution in [0.3, 0.4) is 0 Å².